The maximum absolute atomic E-state index is 4.92. The van der Waals surface area contributed by atoms with Crippen molar-refractivity contribution >= 4 is 43.7 Å². The molecule has 0 N–H and O–H groups in total. The van der Waals surface area contributed by atoms with Gasteiger partial charge in [0.05, 0.1) is 16.6 Å². The molecule has 0 spiro atoms. The Morgan fingerprint density at radius 3 is 1.66 bits per heavy atom. The molecule has 0 fully saturated rings. The Kier molecular flexibility index (Phi) is 6.49. The standard InChI is InChI=1S/C47H31N3/c1-3-13-32(14-4-1)34-17-9-19-37(29-34)49-43-24-8-7-21-41(43)46-39(22-11-25-45(46)49)36-26-27-44-42(31-36)40-23-12-28-48-47(40)50(44)38-20-10-18-35(30-38)33-15-5-2-6-16-33/h1-31H. The number of nitrogens with zero attached hydrogens (tertiary/aromatic N) is 3. The van der Waals surface area contributed by atoms with Crippen LogP contribution in [0.4, 0.5) is 0 Å². The quantitative estimate of drug-likeness (QED) is 0.184. The highest BCUT2D eigenvalue weighted by Crippen LogP contribution is 2.41. The summed E-state index contributed by atoms with van der Waals surface area (Å²) in [5.41, 5.74) is 13.9. The Balaban J connectivity index is 1.17. The van der Waals surface area contributed by atoms with E-state index in [0.717, 1.165) is 27.9 Å². The average Bonchev–Trinajstić information content (AvgIpc) is 3.71. The van der Waals surface area contributed by atoms with Crippen LogP contribution < -0.4 is 0 Å². The molecule has 0 aliphatic carbocycles. The van der Waals surface area contributed by atoms with Crippen LogP contribution >= 0.6 is 0 Å². The van der Waals surface area contributed by atoms with E-state index in [-0.39, 0.29) is 0 Å². The van der Waals surface area contributed by atoms with Gasteiger partial charge in [0.1, 0.15) is 5.65 Å². The van der Waals surface area contributed by atoms with Crippen LogP contribution in [0.3, 0.4) is 0 Å². The number of fused-ring (bicyclic) bond motifs is 6. The molecular weight excluding hydrogens is 607 g/mol. The first-order valence-corrected chi connectivity index (χ1v) is 17.1. The Morgan fingerprint density at radius 2 is 0.920 bits per heavy atom. The van der Waals surface area contributed by atoms with Crippen LogP contribution in [0.1, 0.15) is 0 Å². The van der Waals surface area contributed by atoms with Crippen molar-refractivity contribution in [3.05, 3.63) is 188 Å². The van der Waals surface area contributed by atoms with Crippen LogP contribution in [-0.4, -0.2) is 14.1 Å². The number of hydrogen-bond acceptors (Lipinski definition) is 1. The summed E-state index contributed by atoms with van der Waals surface area (Å²) in [5.74, 6) is 0. The van der Waals surface area contributed by atoms with E-state index in [4.69, 9.17) is 4.98 Å². The lowest BCUT2D eigenvalue weighted by Crippen LogP contribution is -1.95. The Hall–Kier alpha value is -6.71. The Morgan fingerprint density at radius 1 is 0.340 bits per heavy atom. The van der Waals surface area contributed by atoms with Crippen molar-refractivity contribution in [1.82, 2.24) is 14.1 Å². The molecule has 50 heavy (non-hydrogen) atoms. The zero-order valence-electron chi connectivity index (χ0n) is 27.2. The van der Waals surface area contributed by atoms with Gasteiger partial charge in [-0.2, -0.15) is 0 Å². The minimum atomic E-state index is 0.956. The highest BCUT2D eigenvalue weighted by atomic mass is 15.0. The van der Waals surface area contributed by atoms with E-state index in [1.54, 1.807) is 0 Å². The lowest BCUT2D eigenvalue weighted by atomic mass is 9.98. The summed E-state index contributed by atoms with van der Waals surface area (Å²) < 4.78 is 4.71. The fourth-order valence-corrected chi connectivity index (χ4v) is 7.72. The molecule has 3 nitrogen and oxygen atoms in total. The van der Waals surface area contributed by atoms with Crippen molar-refractivity contribution in [2.24, 2.45) is 0 Å². The van der Waals surface area contributed by atoms with Crippen LogP contribution in [0.5, 0.6) is 0 Å². The van der Waals surface area contributed by atoms with Gasteiger partial charge in [0, 0.05) is 39.1 Å². The normalized spacial score (nSPS) is 11.6. The highest BCUT2D eigenvalue weighted by Gasteiger charge is 2.19. The molecule has 0 unspecified atom stereocenters. The van der Waals surface area contributed by atoms with Crippen molar-refractivity contribution in [1.29, 1.82) is 0 Å². The highest BCUT2D eigenvalue weighted by molar-refractivity contribution is 6.17. The number of pyridine rings is 1. The van der Waals surface area contributed by atoms with Gasteiger partial charge in [-0.05, 0) is 94.0 Å². The van der Waals surface area contributed by atoms with Gasteiger partial charge in [0.2, 0.25) is 0 Å². The fraction of sp³-hybridized carbons (Fsp3) is 0. The van der Waals surface area contributed by atoms with Crippen LogP contribution in [-0.2, 0) is 0 Å². The summed E-state index contributed by atoms with van der Waals surface area (Å²) in [7, 11) is 0. The van der Waals surface area contributed by atoms with Gasteiger partial charge < -0.3 is 4.57 Å². The van der Waals surface area contributed by atoms with E-state index < -0.39 is 0 Å². The smallest absolute Gasteiger partial charge is 0.145 e. The van der Waals surface area contributed by atoms with Gasteiger partial charge in [-0.15, -0.1) is 0 Å². The van der Waals surface area contributed by atoms with Gasteiger partial charge in [-0.25, -0.2) is 4.98 Å². The lowest BCUT2D eigenvalue weighted by Gasteiger charge is -2.11. The average molecular weight is 638 g/mol. The molecule has 10 aromatic rings. The maximum atomic E-state index is 4.92. The molecule has 234 valence electrons. The van der Waals surface area contributed by atoms with Gasteiger partial charge in [0.15, 0.2) is 0 Å². The van der Waals surface area contributed by atoms with E-state index in [1.807, 2.05) is 12.3 Å². The number of aromatic nitrogens is 3. The zero-order chi connectivity index (χ0) is 33.0. The first kappa shape index (κ1) is 28.3. The topological polar surface area (TPSA) is 22.8 Å². The van der Waals surface area contributed by atoms with Crippen molar-refractivity contribution in [2.45, 2.75) is 0 Å². The lowest BCUT2D eigenvalue weighted by molar-refractivity contribution is 1.14. The molecule has 0 radical (unpaired) electrons. The van der Waals surface area contributed by atoms with E-state index in [1.165, 1.54) is 60.6 Å². The van der Waals surface area contributed by atoms with Gasteiger partial charge in [-0.1, -0.05) is 121 Å². The van der Waals surface area contributed by atoms with E-state index in [0.29, 0.717) is 0 Å². The van der Waals surface area contributed by atoms with E-state index in [9.17, 15) is 0 Å². The van der Waals surface area contributed by atoms with Crippen molar-refractivity contribution < 1.29 is 0 Å². The van der Waals surface area contributed by atoms with Gasteiger partial charge in [0.25, 0.3) is 0 Å². The fourth-order valence-electron chi connectivity index (χ4n) is 7.72. The Bertz CT molecular complexity index is 2860. The Labute approximate surface area is 290 Å². The number of benzene rings is 7. The molecule has 3 heterocycles. The maximum Gasteiger partial charge on any atom is 0.145 e. The summed E-state index contributed by atoms with van der Waals surface area (Å²) in [5, 5.41) is 4.82. The largest absolute Gasteiger partial charge is 0.309 e. The second-order valence-electron chi connectivity index (χ2n) is 12.8. The number of hydrogen-bond donors (Lipinski definition) is 0. The summed E-state index contributed by atoms with van der Waals surface area (Å²) in [6, 6.07) is 65.4. The van der Waals surface area contributed by atoms with Crippen molar-refractivity contribution in [3.63, 3.8) is 0 Å². The SMILES string of the molecule is c1ccc(-c2cccc(-n3c4ccccc4c4c(-c5ccc6c(c5)c5cccnc5n6-c5cccc(-c6ccccc6)c5)cccc43)c2)cc1. The molecule has 10 rings (SSSR count). The predicted octanol–water partition coefficient (Wildman–Crippen LogP) is 12.3. The summed E-state index contributed by atoms with van der Waals surface area (Å²) in [4.78, 5) is 4.92. The van der Waals surface area contributed by atoms with Gasteiger partial charge in [-0.3, -0.25) is 4.57 Å². The van der Waals surface area contributed by atoms with Crippen LogP contribution in [0.15, 0.2) is 188 Å². The monoisotopic (exact) mass is 637 g/mol. The molecular formula is C47H31N3. The number of para-hydroxylation sites is 1. The predicted molar refractivity (Wildman–Crippen MR) is 209 cm³/mol. The van der Waals surface area contributed by atoms with Crippen LogP contribution in [0.2, 0.25) is 0 Å². The molecule has 0 saturated carbocycles. The zero-order valence-corrected chi connectivity index (χ0v) is 27.2. The van der Waals surface area contributed by atoms with Crippen molar-refractivity contribution in [3.8, 4) is 44.8 Å². The second-order valence-corrected chi connectivity index (χ2v) is 12.8. The van der Waals surface area contributed by atoms with Crippen LogP contribution in [0, 0.1) is 0 Å². The molecule has 0 amide bonds. The van der Waals surface area contributed by atoms with Crippen molar-refractivity contribution in [2.75, 3.05) is 0 Å². The first-order chi connectivity index (χ1) is 24.8. The summed E-state index contributed by atoms with van der Waals surface area (Å²) in [6.45, 7) is 0. The number of rotatable bonds is 5. The summed E-state index contributed by atoms with van der Waals surface area (Å²) >= 11 is 0. The second kappa shape index (κ2) is 11.5. The third-order valence-electron chi connectivity index (χ3n) is 9.96. The summed E-state index contributed by atoms with van der Waals surface area (Å²) in [6.07, 6.45) is 1.89. The van der Waals surface area contributed by atoms with E-state index >= 15 is 0 Å². The first-order valence-electron chi connectivity index (χ1n) is 17.1. The minimum absolute atomic E-state index is 0.956. The molecule has 3 aromatic heterocycles. The third kappa shape index (κ3) is 4.48. The molecule has 3 heteroatoms. The minimum Gasteiger partial charge on any atom is -0.309 e. The van der Waals surface area contributed by atoms with E-state index in [2.05, 4.69) is 185 Å². The third-order valence-corrected chi connectivity index (χ3v) is 9.96. The molecule has 0 bridgehead atoms. The van der Waals surface area contributed by atoms with Gasteiger partial charge >= 0.3 is 0 Å². The molecule has 0 aliphatic heterocycles. The molecule has 7 aromatic carbocycles. The van der Waals surface area contributed by atoms with Crippen LogP contribution in [0.25, 0.3) is 88.5 Å². The molecule has 0 aliphatic rings. The molecule has 0 atom stereocenters. The molecule has 0 saturated heterocycles.